The molecule has 0 saturated carbocycles. The van der Waals surface area contributed by atoms with Crippen molar-refractivity contribution in [3.63, 3.8) is 0 Å². The Bertz CT molecular complexity index is 323. The van der Waals surface area contributed by atoms with Gasteiger partial charge in [0.1, 0.15) is 0 Å². The van der Waals surface area contributed by atoms with Gasteiger partial charge in [0.05, 0.1) is 0 Å². The predicted octanol–water partition coefficient (Wildman–Crippen LogP) is 3.32. The second-order valence-electron chi connectivity index (χ2n) is 2.94. The number of hydrogen-bond acceptors (Lipinski definition) is 1. The van der Waals surface area contributed by atoms with Crippen LogP contribution in [0.5, 0.6) is 0 Å². The van der Waals surface area contributed by atoms with Crippen molar-refractivity contribution in [2.45, 2.75) is 20.0 Å². The van der Waals surface area contributed by atoms with Crippen LogP contribution < -0.4 is 0 Å². The standard InChI is InChI=1S/C10H11O.2ClH.Ru/c1-8(2)11-10-7-5-4-6-9(10)3;;;/h3,5-8H,1-2H3;2*1H;/q+1;;;+2/p-2. The van der Waals surface area contributed by atoms with Gasteiger partial charge in [0.25, 0.3) is 0 Å². The topological polar surface area (TPSA) is 9.23 Å². The van der Waals surface area contributed by atoms with E-state index in [2.05, 4.69) is 6.08 Å². The average molecular weight is 319 g/mol. The monoisotopic (exact) mass is 319 g/mol. The fraction of sp³-hybridized carbons (Fsp3) is 0.300. The molecule has 0 aromatic heterocycles. The van der Waals surface area contributed by atoms with Gasteiger partial charge >= 0.3 is 97.8 Å². The summed E-state index contributed by atoms with van der Waals surface area (Å²) in [6.07, 6.45) is 8.65. The Hall–Kier alpha value is 0.00338. The predicted molar refractivity (Wildman–Crippen MR) is 58.0 cm³/mol. The van der Waals surface area contributed by atoms with Crippen molar-refractivity contribution >= 4 is 24.0 Å². The van der Waals surface area contributed by atoms with Gasteiger partial charge in [0.2, 0.25) is 0 Å². The van der Waals surface area contributed by atoms with Crippen molar-refractivity contribution < 1.29 is 18.3 Å². The molecule has 1 nitrogen and oxygen atoms in total. The number of ether oxygens (including phenoxy) is 1. The van der Waals surface area contributed by atoms with Gasteiger partial charge in [-0.05, 0) is 0 Å². The molecule has 0 aromatic rings. The second-order valence-corrected chi connectivity index (χ2v) is 8.66. The van der Waals surface area contributed by atoms with E-state index < -0.39 is 13.5 Å². The van der Waals surface area contributed by atoms with Crippen LogP contribution in [0, 0.1) is 6.08 Å². The third-order valence-corrected chi connectivity index (χ3v) is 3.24. The third kappa shape index (κ3) is 4.02. The zero-order valence-electron chi connectivity index (χ0n) is 7.90. The molecule has 0 unspecified atom stereocenters. The molecule has 0 N–H and O–H groups in total. The Morgan fingerprint density at radius 1 is 1.50 bits per heavy atom. The molecule has 0 amide bonds. The summed E-state index contributed by atoms with van der Waals surface area (Å²) < 4.78 is 7.46. The van der Waals surface area contributed by atoms with Crippen molar-refractivity contribution in [2.75, 3.05) is 0 Å². The Morgan fingerprint density at radius 2 is 2.21 bits per heavy atom. The summed E-state index contributed by atoms with van der Waals surface area (Å²) in [5.74, 6) is 0.818. The maximum absolute atomic E-state index is 5.80. The van der Waals surface area contributed by atoms with E-state index in [-0.39, 0.29) is 6.10 Å². The quantitative estimate of drug-likeness (QED) is 0.573. The summed E-state index contributed by atoms with van der Waals surface area (Å²) in [7, 11) is 11.6. The van der Waals surface area contributed by atoms with Crippen molar-refractivity contribution in [1.29, 1.82) is 0 Å². The van der Waals surface area contributed by atoms with Gasteiger partial charge in [-0.3, -0.25) is 0 Å². The molecule has 1 rings (SSSR count). The van der Waals surface area contributed by atoms with E-state index in [1.807, 2.05) is 36.7 Å². The van der Waals surface area contributed by atoms with Crippen LogP contribution in [-0.2, 0) is 18.3 Å². The molecule has 0 radical (unpaired) electrons. The minimum atomic E-state index is -1.79. The van der Waals surface area contributed by atoms with Crippen molar-refractivity contribution in [3.8, 4) is 0 Å². The third-order valence-electron chi connectivity index (χ3n) is 1.40. The molecule has 0 fully saturated rings. The van der Waals surface area contributed by atoms with Gasteiger partial charge in [-0.2, -0.15) is 0 Å². The Labute approximate surface area is 97.5 Å². The molecule has 1 aliphatic carbocycles. The van der Waals surface area contributed by atoms with Gasteiger partial charge in [-0.25, -0.2) is 0 Å². The SMILES string of the molecule is CC(C)OC1=C([CH]=[Ru]([Cl])[Cl])C=[C+]C=C1. The number of halogens is 2. The summed E-state index contributed by atoms with van der Waals surface area (Å²) in [5, 5.41) is 0. The molecule has 0 spiro atoms. The first-order valence-electron chi connectivity index (χ1n) is 4.09. The van der Waals surface area contributed by atoms with Gasteiger partial charge in [-0.1, -0.05) is 0 Å². The van der Waals surface area contributed by atoms with E-state index in [4.69, 9.17) is 24.1 Å². The number of rotatable bonds is 3. The van der Waals surface area contributed by atoms with Crippen molar-refractivity contribution in [1.82, 2.24) is 0 Å². The van der Waals surface area contributed by atoms with E-state index >= 15 is 0 Å². The van der Waals surface area contributed by atoms with Crippen LogP contribution in [-0.4, -0.2) is 10.7 Å². The molecule has 78 valence electrons. The van der Waals surface area contributed by atoms with Crippen LogP contribution in [0.15, 0.2) is 29.6 Å². The van der Waals surface area contributed by atoms with Crippen LogP contribution in [0.4, 0.5) is 0 Å². The first-order valence-corrected chi connectivity index (χ1v) is 9.57. The maximum atomic E-state index is 5.80. The zero-order valence-corrected chi connectivity index (χ0v) is 11.2. The fourth-order valence-corrected chi connectivity index (χ4v) is 2.74. The molecule has 14 heavy (non-hydrogen) atoms. The van der Waals surface area contributed by atoms with Gasteiger partial charge in [0.15, 0.2) is 0 Å². The number of hydrogen-bond donors (Lipinski definition) is 0. The van der Waals surface area contributed by atoms with Crippen LogP contribution in [0.3, 0.4) is 0 Å². The van der Waals surface area contributed by atoms with E-state index in [0.29, 0.717) is 0 Å². The summed E-state index contributed by atoms with van der Waals surface area (Å²) >= 11 is -1.79. The van der Waals surface area contributed by atoms with E-state index in [9.17, 15) is 0 Å². The van der Waals surface area contributed by atoms with Gasteiger partial charge < -0.3 is 0 Å². The van der Waals surface area contributed by atoms with E-state index in [1.165, 1.54) is 0 Å². The molecule has 0 aromatic carbocycles. The van der Waals surface area contributed by atoms with Crippen molar-refractivity contribution in [2.24, 2.45) is 0 Å². The zero-order chi connectivity index (χ0) is 10.6. The normalized spacial score (nSPS) is 15.6. The van der Waals surface area contributed by atoms with Crippen LogP contribution in [0.2, 0.25) is 0 Å². The van der Waals surface area contributed by atoms with Gasteiger partial charge in [0, 0.05) is 0 Å². The van der Waals surface area contributed by atoms with E-state index in [0.717, 1.165) is 11.3 Å². The fourth-order valence-electron chi connectivity index (χ4n) is 0.953. The van der Waals surface area contributed by atoms with Gasteiger partial charge in [-0.15, -0.1) is 0 Å². The summed E-state index contributed by atoms with van der Waals surface area (Å²) in [5.41, 5.74) is 0.935. The Balaban J connectivity index is 2.93. The van der Waals surface area contributed by atoms with Crippen LogP contribution in [0.1, 0.15) is 13.8 Å². The molecular formula is C10H11Cl2ORu+. The first kappa shape index (κ1) is 12.1. The second kappa shape index (κ2) is 5.78. The van der Waals surface area contributed by atoms with E-state index in [1.54, 1.807) is 0 Å². The molecule has 0 atom stereocenters. The number of allylic oxidation sites excluding steroid dienone is 5. The Morgan fingerprint density at radius 3 is 2.79 bits per heavy atom. The average Bonchev–Trinajstić information content (AvgIpc) is 2.06. The van der Waals surface area contributed by atoms with Crippen molar-refractivity contribution in [3.05, 3.63) is 35.6 Å². The minimum absolute atomic E-state index is 0.149. The molecule has 0 bridgehead atoms. The molecule has 0 heterocycles. The molecule has 1 aliphatic rings. The summed E-state index contributed by atoms with van der Waals surface area (Å²) in [6.45, 7) is 3.97. The van der Waals surface area contributed by atoms with Crippen LogP contribution >= 0.6 is 19.4 Å². The molecule has 0 saturated heterocycles. The summed E-state index contributed by atoms with van der Waals surface area (Å²) in [6, 6.07) is 0. The summed E-state index contributed by atoms with van der Waals surface area (Å²) in [4.78, 5) is 0. The van der Waals surface area contributed by atoms with Crippen LogP contribution in [0.25, 0.3) is 0 Å². The Kier molecular flexibility index (Phi) is 4.99. The molecular weight excluding hydrogens is 308 g/mol. The molecule has 4 heteroatoms. The first-order chi connectivity index (χ1) is 6.59. The molecule has 0 aliphatic heterocycles.